The van der Waals surface area contributed by atoms with Gasteiger partial charge in [0.15, 0.2) is 17.7 Å². The van der Waals surface area contributed by atoms with E-state index in [9.17, 15) is 27.9 Å². The van der Waals surface area contributed by atoms with E-state index in [1.165, 1.54) is 0 Å². The van der Waals surface area contributed by atoms with Gasteiger partial charge in [-0.25, -0.2) is 13.2 Å². The molecule has 0 radical (unpaired) electrons. The van der Waals surface area contributed by atoms with Crippen LogP contribution in [0.1, 0.15) is 20.3 Å². The van der Waals surface area contributed by atoms with Crippen LogP contribution in [-0.4, -0.2) is 64.9 Å². The molecule has 3 rings (SSSR count). The fourth-order valence-corrected chi connectivity index (χ4v) is 5.57. The quantitative estimate of drug-likeness (QED) is 0.527. The van der Waals surface area contributed by atoms with Crippen LogP contribution in [0.5, 0.6) is 0 Å². The van der Waals surface area contributed by atoms with Crippen LogP contribution in [0.25, 0.3) is 0 Å². The summed E-state index contributed by atoms with van der Waals surface area (Å²) in [5, 5.41) is 10.5. The molecule has 5 atom stereocenters. The van der Waals surface area contributed by atoms with Crippen molar-refractivity contribution in [2.45, 2.75) is 56.8 Å². The first-order chi connectivity index (χ1) is 12.5. The fraction of sp³-hybridized carbons (Fsp3) is 0.714. The van der Waals surface area contributed by atoms with E-state index in [0.717, 1.165) is 0 Å². The van der Waals surface area contributed by atoms with Crippen LogP contribution in [0.15, 0.2) is 12.0 Å². The second-order valence-electron chi connectivity index (χ2n) is 6.53. The molecule has 0 aliphatic carbocycles. The predicted octanol–water partition coefficient (Wildman–Crippen LogP) is 1.38. The van der Waals surface area contributed by atoms with Gasteiger partial charge in [0.2, 0.25) is 11.7 Å². The second kappa shape index (κ2) is 7.18. The summed E-state index contributed by atoms with van der Waals surface area (Å²) < 4.78 is 62.5. The van der Waals surface area contributed by atoms with Crippen LogP contribution in [0, 0.1) is 0 Å². The molecule has 2 fully saturated rings. The minimum atomic E-state index is -3.45. The molecule has 3 aliphatic rings. The number of rotatable bonds is 4. The third-order valence-electron chi connectivity index (χ3n) is 4.22. The highest BCUT2D eigenvalue weighted by Gasteiger charge is 2.67. The van der Waals surface area contributed by atoms with Gasteiger partial charge in [-0.2, -0.15) is 0 Å². The van der Waals surface area contributed by atoms with E-state index in [1.54, 1.807) is 13.8 Å². The maximum atomic E-state index is 13.8. The average molecular weight is 431 g/mol. The van der Waals surface area contributed by atoms with Gasteiger partial charge in [0, 0.05) is 6.20 Å². The fourth-order valence-electron chi connectivity index (χ4n) is 2.99. The van der Waals surface area contributed by atoms with Crippen molar-refractivity contribution in [3.8, 4) is 0 Å². The van der Waals surface area contributed by atoms with E-state index < -0.39 is 73.8 Å². The Balaban J connectivity index is 1.93. The molecule has 8 nitrogen and oxygen atoms in total. The number of hydrogen-bond donors (Lipinski definition) is 1. The lowest BCUT2D eigenvalue weighted by Crippen LogP contribution is -2.56. The Hall–Kier alpha value is -0.880. The van der Waals surface area contributed by atoms with Gasteiger partial charge in [0.25, 0.3) is 6.43 Å². The molecule has 0 bridgehead atoms. The molecule has 0 aromatic heterocycles. The molecule has 0 aromatic rings. The molecule has 0 spiro atoms. The molecule has 3 heterocycles. The van der Waals surface area contributed by atoms with Gasteiger partial charge < -0.3 is 18.9 Å². The highest BCUT2D eigenvalue weighted by Crippen LogP contribution is 2.60. The summed E-state index contributed by atoms with van der Waals surface area (Å²) in [6.45, 7) is -0.928. The molecule has 1 unspecified atom stereocenters. The number of allylic oxidation sites excluding steroid dienone is 1. The number of carbonyl (C=O) groups excluding carboxylic acids is 2. The molecule has 1 N–H and O–H groups in total. The van der Waals surface area contributed by atoms with Gasteiger partial charge in [0.1, 0.15) is 12.2 Å². The predicted molar refractivity (Wildman–Crippen MR) is 86.6 cm³/mol. The number of aliphatic hydroxyl groups is 1. The molecule has 1 amide bonds. The van der Waals surface area contributed by atoms with Crippen molar-refractivity contribution < 1.29 is 46.2 Å². The monoisotopic (exact) mass is 431 g/mol. The molecule has 152 valence electrons. The van der Waals surface area contributed by atoms with Gasteiger partial charge in [-0.15, -0.1) is 0 Å². The zero-order chi connectivity index (χ0) is 20.1. The summed E-state index contributed by atoms with van der Waals surface area (Å²) in [6.07, 6.45) is -9.10. The molecule has 13 heteroatoms. The van der Waals surface area contributed by atoms with Crippen molar-refractivity contribution in [1.29, 1.82) is 0 Å². The van der Waals surface area contributed by atoms with Crippen molar-refractivity contribution in [3.05, 3.63) is 12.0 Å². The topological polar surface area (TPSA) is 94.5 Å². The Bertz CT molecular complexity index is 735. The van der Waals surface area contributed by atoms with Gasteiger partial charge in [0.05, 0.1) is 19.1 Å². The van der Waals surface area contributed by atoms with E-state index in [1.807, 2.05) is 0 Å². The Labute approximate surface area is 157 Å². The summed E-state index contributed by atoms with van der Waals surface area (Å²) in [7, 11) is 0. The number of Topliss-reactive ketones (excluding diaryl/α,β-unsaturated/α-hetero) is 1. The third-order valence-corrected chi connectivity index (χ3v) is 6.66. The number of nitrogens with zero attached hydrogens (tertiary/aromatic N) is 1. The number of amides is 1. The lowest BCUT2D eigenvalue weighted by molar-refractivity contribution is -0.210. The first-order valence-corrected chi connectivity index (χ1v) is 10.5. The number of ketones is 1. The van der Waals surface area contributed by atoms with Crippen molar-refractivity contribution in [1.82, 2.24) is 4.90 Å². The summed E-state index contributed by atoms with van der Waals surface area (Å²) in [5.74, 6) is -3.21. The van der Waals surface area contributed by atoms with Crippen LogP contribution in [-0.2, 0) is 39.7 Å². The summed E-state index contributed by atoms with van der Waals surface area (Å²) in [5.41, 5.74) is -2.43. The SMILES string of the molecule is CC(C)OP1(=S)OC[C@@]2(C(F)F)O[C@@H](N3C=C(F)C(=O)CC3=O)[C@H](O)[C@@H]2O1. The maximum absolute atomic E-state index is 13.8. The highest BCUT2D eigenvalue weighted by atomic mass is 32.5. The van der Waals surface area contributed by atoms with E-state index in [-0.39, 0.29) is 0 Å². The first kappa shape index (κ1) is 20.8. The van der Waals surface area contributed by atoms with Gasteiger partial charge in [-0.05, 0) is 25.7 Å². The third kappa shape index (κ3) is 3.59. The van der Waals surface area contributed by atoms with Crippen LogP contribution in [0.3, 0.4) is 0 Å². The summed E-state index contributed by atoms with van der Waals surface area (Å²) in [4.78, 5) is 23.9. The average Bonchev–Trinajstić information content (AvgIpc) is 2.84. The molecular formula is C14H17F3NO7PS. The summed E-state index contributed by atoms with van der Waals surface area (Å²) in [6, 6.07) is 0. The number of carbonyl (C=O) groups is 2. The van der Waals surface area contributed by atoms with Crippen molar-refractivity contribution >= 4 is 30.2 Å². The smallest absolute Gasteiger partial charge is 0.328 e. The zero-order valence-electron chi connectivity index (χ0n) is 14.2. The van der Waals surface area contributed by atoms with Crippen LogP contribution < -0.4 is 0 Å². The van der Waals surface area contributed by atoms with Crippen LogP contribution >= 0.6 is 6.72 Å². The number of alkyl halides is 2. The molecule has 27 heavy (non-hydrogen) atoms. The van der Waals surface area contributed by atoms with Crippen molar-refractivity contribution in [2.75, 3.05) is 6.61 Å². The molecule has 0 aromatic carbocycles. The first-order valence-electron chi connectivity index (χ1n) is 7.96. The van der Waals surface area contributed by atoms with E-state index in [2.05, 4.69) is 0 Å². The Morgan fingerprint density at radius 1 is 1.44 bits per heavy atom. The van der Waals surface area contributed by atoms with E-state index in [4.69, 9.17) is 30.1 Å². The van der Waals surface area contributed by atoms with Gasteiger partial charge in [-0.1, -0.05) is 0 Å². The lowest BCUT2D eigenvalue weighted by atomic mass is 9.96. The Morgan fingerprint density at radius 2 is 2.11 bits per heavy atom. The highest BCUT2D eigenvalue weighted by molar-refractivity contribution is 8.07. The van der Waals surface area contributed by atoms with Crippen LogP contribution in [0.2, 0.25) is 0 Å². The molecular weight excluding hydrogens is 414 g/mol. The summed E-state index contributed by atoms with van der Waals surface area (Å²) >= 11 is 5.13. The van der Waals surface area contributed by atoms with Gasteiger partial charge >= 0.3 is 6.72 Å². The number of hydrogen-bond acceptors (Lipinski definition) is 8. The van der Waals surface area contributed by atoms with Crippen LogP contribution in [0.4, 0.5) is 13.2 Å². The number of ether oxygens (including phenoxy) is 1. The standard InChI is InChI=1S/C14H17F3NO7PS/c1-6(2)24-26(27)22-5-14(13(16)17)11(25-26)10(21)12(23-14)18-4-7(15)8(19)3-9(18)20/h4,6,10-13,21H,3,5H2,1-2H3/t10-,11+,12-,14-,26?/m1/s1. The van der Waals surface area contributed by atoms with Crippen molar-refractivity contribution in [3.63, 3.8) is 0 Å². The number of aliphatic hydroxyl groups excluding tert-OH is 1. The lowest BCUT2D eigenvalue weighted by Gasteiger charge is -2.41. The largest absolute Gasteiger partial charge is 0.386 e. The molecule has 2 saturated heterocycles. The van der Waals surface area contributed by atoms with Gasteiger partial charge in [-0.3, -0.25) is 19.0 Å². The maximum Gasteiger partial charge on any atom is 0.328 e. The Kier molecular flexibility index (Phi) is 5.54. The van der Waals surface area contributed by atoms with Crippen molar-refractivity contribution in [2.24, 2.45) is 0 Å². The normalized spacial score (nSPS) is 39.9. The minimum Gasteiger partial charge on any atom is -0.386 e. The van der Waals surface area contributed by atoms with E-state index >= 15 is 0 Å². The second-order valence-corrected chi connectivity index (χ2v) is 9.45. The molecule has 0 saturated carbocycles. The minimum absolute atomic E-state index is 0.433. The zero-order valence-corrected chi connectivity index (χ0v) is 15.9. The molecule has 3 aliphatic heterocycles. The Morgan fingerprint density at radius 3 is 2.70 bits per heavy atom. The number of fused-ring (bicyclic) bond motifs is 1. The number of halogens is 3. The van der Waals surface area contributed by atoms with E-state index in [0.29, 0.717) is 11.1 Å².